The van der Waals surface area contributed by atoms with Gasteiger partial charge in [0.1, 0.15) is 5.15 Å². The number of halogens is 1. The number of hydrogen-bond acceptors (Lipinski definition) is 4. The molecule has 0 unspecified atom stereocenters. The molecule has 2 rings (SSSR count). The van der Waals surface area contributed by atoms with Gasteiger partial charge in [-0.05, 0) is 39.0 Å². The first-order valence-corrected chi connectivity index (χ1v) is 6.73. The standard InChI is InChI=1S/C14H16ClN3O3/c1-14(2,3)21-8-9-6-7-18(17-9)11-5-4-10(13(19)20)12(15)16-11/h4-7H,8H2,1-3H3,(H,19,20). The predicted molar refractivity (Wildman–Crippen MR) is 77.9 cm³/mol. The van der Waals surface area contributed by atoms with E-state index in [1.54, 1.807) is 12.3 Å². The second-order valence-corrected chi connectivity index (χ2v) is 5.82. The van der Waals surface area contributed by atoms with Crippen molar-refractivity contribution in [1.29, 1.82) is 0 Å². The highest BCUT2D eigenvalue weighted by Gasteiger charge is 2.13. The second-order valence-electron chi connectivity index (χ2n) is 5.47. The molecule has 21 heavy (non-hydrogen) atoms. The Hall–Kier alpha value is -1.92. The van der Waals surface area contributed by atoms with Gasteiger partial charge >= 0.3 is 5.97 Å². The van der Waals surface area contributed by atoms with Crippen LogP contribution in [0.4, 0.5) is 0 Å². The number of ether oxygens (including phenoxy) is 1. The van der Waals surface area contributed by atoms with Crippen LogP contribution in [0.3, 0.4) is 0 Å². The van der Waals surface area contributed by atoms with E-state index < -0.39 is 5.97 Å². The van der Waals surface area contributed by atoms with Gasteiger partial charge < -0.3 is 9.84 Å². The zero-order chi connectivity index (χ0) is 15.6. The van der Waals surface area contributed by atoms with E-state index in [0.717, 1.165) is 5.69 Å². The van der Waals surface area contributed by atoms with Crippen molar-refractivity contribution in [2.24, 2.45) is 0 Å². The van der Waals surface area contributed by atoms with Gasteiger partial charge in [-0.2, -0.15) is 5.10 Å². The van der Waals surface area contributed by atoms with E-state index >= 15 is 0 Å². The summed E-state index contributed by atoms with van der Waals surface area (Å²) in [5.41, 5.74) is 0.475. The first-order valence-electron chi connectivity index (χ1n) is 6.35. The number of hydrogen-bond donors (Lipinski definition) is 1. The zero-order valence-corrected chi connectivity index (χ0v) is 12.8. The van der Waals surface area contributed by atoms with Gasteiger partial charge in [-0.3, -0.25) is 0 Å². The lowest BCUT2D eigenvalue weighted by molar-refractivity contribution is -0.0165. The molecule has 0 saturated heterocycles. The van der Waals surface area contributed by atoms with Crippen molar-refractivity contribution in [3.05, 3.63) is 40.8 Å². The summed E-state index contributed by atoms with van der Waals surface area (Å²) in [4.78, 5) is 14.9. The van der Waals surface area contributed by atoms with Crippen molar-refractivity contribution in [3.63, 3.8) is 0 Å². The third-order valence-corrected chi connectivity index (χ3v) is 2.88. The molecule has 6 nitrogen and oxygen atoms in total. The largest absolute Gasteiger partial charge is 0.478 e. The molecule has 2 aromatic heterocycles. The summed E-state index contributed by atoms with van der Waals surface area (Å²) in [6, 6.07) is 4.77. The summed E-state index contributed by atoms with van der Waals surface area (Å²) in [6.45, 7) is 6.29. The number of nitrogens with zero attached hydrogens (tertiary/aromatic N) is 3. The van der Waals surface area contributed by atoms with Crippen molar-refractivity contribution in [2.45, 2.75) is 33.0 Å². The Labute approximate surface area is 127 Å². The van der Waals surface area contributed by atoms with Gasteiger partial charge in [0.05, 0.1) is 23.5 Å². The average Bonchev–Trinajstić information content (AvgIpc) is 2.83. The highest BCUT2D eigenvalue weighted by Crippen LogP contribution is 2.16. The molecule has 0 spiro atoms. The molecule has 2 heterocycles. The third kappa shape index (κ3) is 4.03. The van der Waals surface area contributed by atoms with Gasteiger partial charge in [0.2, 0.25) is 0 Å². The molecule has 0 aromatic carbocycles. The lowest BCUT2D eigenvalue weighted by Gasteiger charge is -2.18. The van der Waals surface area contributed by atoms with Gasteiger partial charge in [0.25, 0.3) is 0 Å². The molecular formula is C14H16ClN3O3. The second kappa shape index (κ2) is 5.83. The summed E-state index contributed by atoms with van der Waals surface area (Å²) in [6.07, 6.45) is 1.72. The number of carbonyl (C=O) groups is 1. The van der Waals surface area contributed by atoms with Gasteiger partial charge in [0, 0.05) is 6.20 Å². The highest BCUT2D eigenvalue weighted by molar-refractivity contribution is 6.32. The molecule has 0 aliphatic carbocycles. The molecule has 0 amide bonds. The summed E-state index contributed by atoms with van der Waals surface area (Å²) >= 11 is 5.84. The Morgan fingerprint density at radius 2 is 2.10 bits per heavy atom. The van der Waals surface area contributed by atoms with Crippen LogP contribution in [0.25, 0.3) is 5.82 Å². The third-order valence-electron chi connectivity index (χ3n) is 2.60. The maximum absolute atomic E-state index is 10.9. The van der Waals surface area contributed by atoms with Crippen LogP contribution in [-0.2, 0) is 11.3 Å². The lowest BCUT2D eigenvalue weighted by Crippen LogP contribution is -2.18. The molecule has 0 aliphatic heterocycles. The minimum absolute atomic E-state index is 0.0381. The maximum atomic E-state index is 10.9. The summed E-state index contributed by atoms with van der Waals surface area (Å²) in [7, 11) is 0. The Balaban J connectivity index is 2.18. The predicted octanol–water partition coefficient (Wildman–Crippen LogP) is 2.93. The smallest absolute Gasteiger partial charge is 0.338 e. The van der Waals surface area contributed by atoms with Crippen LogP contribution < -0.4 is 0 Å². The van der Waals surface area contributed by atoms with E-state index in [-0.39, 0.29) is 16.3 Å². The van der Waals surface area contributed by atoms with Crippen molar-refractivity contribution < 1.29 is 14.6 Å². The fraction of sp³-hybridized carbons (Fsp3) is 0.357. The number of aromatic nitrogens is 3. The van der Waals surface area contributed by atoms with Gasteiger partial charge in [-0.25, -0.2) is 14.5 Å². The first kappa shape index (κ1) is 15.5. The Kier molecular flexibility index (Phi) is 4.29. The lowest BCUT2D eigenvalue weighted by atomic mass is 10.2. The van der Waals surface area contributed by atoms with Gasteiger partial charge in [-0.1, -0.05) is 11.6 Å². The van der Waals surface area contributed by atoms with Crippen LogP contribution >= 0.6 is 11.6 Å². The molecular weight excluding hydrogens is 294 g/mol. The number of rotatable bonds is 4. The highest BCUT2D eigenvalue weighted by atomic mass is 35.5. The molecule has 7 heteroatoms. The maximum Gasteiger partial charge on any atom is 0.338 e. The number of pyridine rings is 1. The van der Waals surface area contributed by atoms with E-state index in [1.165, 1.54) is 10.7 Å². The minimum atomic E-state index is -1.11. The van der Waals surface area contributed by atoms with E-state index in [9.17, 15) is 4.79 Å². The van der Waals surface area contributed by atoms with E-state index in [0.29, 0.717) is 12.4 Å². The van der Waals surface area contributed by atoms with Crippen LogP contribution in [-0.4, -0.2) is 31.4 Å². The van der Waals surface area contributed by atoms with Crippen molar-refractivity contribution >= 4 is 17.6 Å². The molecule has 0 fully saturated rings. The summed E-state index contributed by atoms with van der Waals surface area (Å²) in [5, 5.41) is 13.2. The van der Waals surface area contributed by atoms with Crippen LogP contribution in [0.5, 0.6) is 0 Å². The fourth-order valence-corrected chi connectivity index (χ4v) is 1.80. The molecule has 0 saturated carbocycles. The number of carboxylic acid groups (broad SMARTS) is 1. The fourth-order valence-electron chi connectivity index (χ4n) is 1.57. The van der Waals surface area contributed by atoms with Crippen LogP contribution in [0.1, 0.15) is 36.8 Å². The van der Waals surface area contributed by atoms with E-state index in [4.69, 9.17) is 21.4 Å². The molecule has 1 N–H and O–H groups in total. The molecule has 0 aliphatic rings. The number of carboxylic acids is 1. The molecule has 112 valence electrons. The van der Waals surface area contributed by atoms with Gasteiger partial charge in [0.15, 0.2) is 5.82 Å². The molecule has 0 radical (unpaired) electrons. The quantitative estimate of drug-likeness (QED) is 0.879. The van der Waals surface area contributed by atoms with Crippen molar-refractivity contribution in [1.82, 2.24) is 14.8 Å². The summed E-state index contributed by atoms with van der Waals surface area (Å²) < 4.78 is 7.17. The molecule has 2 aromatic rings. The first-order chi connectivity index (χ1) is 9.76. The zero-order valence-electron chi connectivity index (χ0n) is 12.0. The Morgan fingerprint density at radius 1 is 1.38 bits per heavy atom. The van der Waals surface area contributed by atoms with Crippen LogP contribution in [0.15, 0.2) is 24.4 Å². The van der Waals surface area contributed by atoms with E-state index in [1.807, 2.05) is 26.8 Å². The van der Waals surface area contributed by atoms with Crippen LogP contribution in [0.2, 0.25) is 5.15 Å². The van der Waals surface area contributed by atoms with Crippen molar-refractivity contribution in [2.75, 3.05) is 0 Å². The summed E-state index contributed by atoms with van der Waals surface area (Å²) in [5.74, 6) is -0.661. The SMILES string of the molecule is CC(C)(C)OCc1ccn(-c2ccc(C(=O)O)c(Cl)n2)n1. The Bertz CT molecular complexity index is 662. The van der Waals surface area contributed by atoms with Crippen molar-refractivity contribution in [3.8, 4) is 5.82 Å². The van der Waals surface area contributed by atoms with E-state index in [2.05, 4.69) is 10.1 Å². The Morgan fingerprint density at radius 3 is 2.67 bits per heavy atom. The minimum Gasteiger partial charge on any atom is -0.478 e. The molecule has 0 bridgehead atoms. The van der Waals surface area contributed by atoms with Gasteiger partial charge in [-0.15, -0.1) is 0 Å². The topological polar surface area (TPSA) is 77.2 Å². The average molecular weight is 310 g/mol. The monoisotopic (exact) mass is 309 g/mol. The molecule has 0 atom stereocenters. The number of aromatic carboxylic acids is 1. The van der Waals surface area contributed by atoms with Crippen LogP contribution in [0, 0.1) is 0 Å². The normalized spacial score (nSPS) is 11.6.